The number of hydrogen-bond donors (Lipinski definition) is 0. The lowest BCUT2D eigenvalue weighted by atomic mass is 9.95. The van der Waals surface area contributed by atoms with E-state index in [0.717, 1.165) is 17.7 Å². The molecule has 4 aromatic rings. The van der Waals surface area contributed by atoms with Crippen LogP contribution in [0.3, 0.4) is 0 Å². The van der Waals surface area contributed by atoms with Crippen molar-refractivity contribution in [3.05, 3.63) is 77.0 Å². The molecule has 0 spiro atoms. The molecule has 2 aromatic heterocycles. The molecule has 162 valence electrons. The Kier molecular flexibility index (Phi) is 4.69. The van der Waals surface area contributed by atoms with Crippen molar-refractivity contribution in [2.75, 3.05) is 6.54 Å². The van der Waals surface area contributed by atoms with Gasteiger partial charge < -0.3 is 4.90 Å². The predicted molar refractivity (Wildman–Crippen MR) is 111 cm³/mol. The summed E-state index contributed by atoms with van der Waals surface area (Å²) in [5, 5.41) is 4.53. The van der Waals surface area contributed by atoms with E-state index in [1.165, 1.54) is 4.68 Å². The minimum atomic E-state index is -1.50. The predicted octanol–water partition coefficient (Wildman–Crippen LogP) is 4.21. The summed E-state index contributed by atoms with van der Waals surface area (Å²) in [6.45, 7) is 2.26. The van der Waals surface area contributed by atoms with Crippen LogP contribution in [0.1, 0.15) is 34.6 Å². The molecule has 0 radical (unpaired) electrons. The highest BCUT2D eigenvalue weighted by atomic mass is 19.2. The molecule has 1 amide bonds. The standard InChI is InChI=1S/C23H18F3N5O/c1-12-21-15(22(30(2)29-21)14-9-16(24)20(26)17(25)10-14)5-8-31(12)23(32)13-3-4-18-19(11-13)28-7-6-27-18/h3-4,6-7,9-12H,5,8H2,1-2H3/t12-/m0/s1. The Hall–Kier alpha value is -3.75. The highest BCUT2D eigenvalue weighted by Crippen LogP contribution is 2.36. The van der Waals surface area contributed by atoms with Gasteiger partial charge in [0.15, 0.2) is 17.5 Å². The largest absolute Gasteiger partial charge is 0.330 e. The summed E-state index contributed by atoms with van der Waals surface area (Å²) in [7, 11) is 1.66. The molecule has 0 unspecified atom stereocenters. The van der Waals surface area contributed by atoms with Crippen LogP contribution in [0.2, 0.25) is 0 Å². The number of rotatable bonds is 2. The number of nitrogens with zero attached hydrogens (tertiary/aromatic N) is 5. The SMILES string of the molecule is C[C@H]1c2nn(C)c(-c3cc(F)c(F)c(F)c3)c2CCN1C(=O)c1ccc2nccnc2c1. The van der Waals surface area contributed by atoms with Gasteiger partial charge in [-0.05, 0) is 43.7 Å². The second kappa shape index (κ2) is 7.44. The average Bonchev–Trinajstić information content (AvgIpc) is 3.13. The third kappa shape index (κ3) is 3.12. The van der Waals surface area contributed by atoms with Crippen LogP contribution < -0.4 is 0 Å². The van der Waals surface area contributed by atoms with Crippen LogP contribution in [0.5, 0.6) is 0 Å². The summed E-state index contributed by atoms with van der Waals surface area (Å²) in [6.07, 6.45) is 3.61. The van der Waals surface area contributed by atoms with Crippen molar-refractivity contribution >= 4 is 16.9 Å². The molecule has 0 saturated carbocycles. The number of halogens is 3. The second-order valence-corrected chi connectivity index (χ2v) is 7.77. The molecular weight excluding hydrogens is 419 g/mol. The first kappa shape index (κ1) is 20.2. The van der Waals surface area contributed by atoms with Crippen LogP contribution in [0, 0.1) is 17.5 Å². The Bertz CT molecular complexity index is 1360. The molecule has 9 heteroatoms. The summed E-state index contributed by atoms with van der Waals surface area (Å²) >= 11 is 0. The summed E-state index contributed by atoms with van der Waals surface area (Å²) in [5.74, 6) is -4.18. The zero-order valence-electron chi connectivity index (χ0n) is 17.3. The fourth-order valence-electron chi connectivity index (χ4n) is 4.34. The number of aryl methyl sites for hydroxylation is 1. The minimum absolute atomic E-state index is 0.165. The Morgan fingerprint density at radius 2 is 1.72 bits per heavy atom. The smallest absolute Gasteiger partial charge is 0.254 e. The number of amides is 1. The maximum Gasteiger partial charge on any atom is 0.254 e. The summed E-state index contributed by atoms with van der Waals surface area (Å²) in [5.41, 5.74) is 3.98. The summed E-state index contributed by atoms with van der Waals surface area (Å²) in [4.78, 5) is 23.4. The third-order valence-corrected chi connectivity index (χ3v) is 5.88. The van der Waals surface area contributed by atoms with E-state index in [2.05, 4.69) is 15.1 Å². The minimum Gasteiger partial charge on any atom is -0.330 e. The Balaban J connectivity index is 1.51. The van der Waals surface area contributed by atoms with Crippen molar-refractivity contribution in [3.8, 4) is 11.3 Å². The van der Waals surface area contributed by atoms with E-state index in [9.17, 15) is 18.0 Å². The van der Waals surface area contributed by atoms with Gasteiger partial charge >= 0.3 is 0 Å². The summed E-state index contributed by atoms with van der Waals surface area (Å²) in [6, 6.07) is 6.75. The first-order chi connectivity index (χ1) is 15.3. The van der Waals surface area contributed by atoms with Crippen LogP contribution in [0.4, 0.5) is 13.2 Å². The van der Waals surface area contributed by atoms with E-state index in [0.29, 0.717) is 41.0 Å². The molecule has 1 aliphatic heterocycles. The van der Waals surface area contributed by atoms with Gasteiger partial charge in [0, 0.05) is 42.7 Å². The van der Waals surface area contributed by atoms with Crippen molar-refractivity contribution in [1.29, 1.82) is 0 Å². The van der Waals surface area contributed by atoms with E-state index in [4.69, 9.17) is 0 Å². The molecule has 3 heterocycles. The number of aromatic nitrogens is 4. The quantitative estimate of drug-likeness (QED) is 0.441. The van der Waals surface area contributed by atoms with Crippen LogP contribution in [-0.4, -0.2) is 37.1 Å². The molecule has 1 aliphatic rings. The highest BCUT2D eigenvalue weighted by Gasteiger charge is 2.33. The molecule has 2 aromatic carbocycles. The Morgan fingerprint density at radius 1 is 1.03 bits per heavy atom. The number of fused-ring (bicyclic) bond motifs is 2. The first-order valence-electron chi connectivity index (χ1n) is 10.1. The van der Waals surface area contributed by atoms with Gasteiger partial charge in [0.25, 0.3) is 5.91 Å². The fraction of sp³-hybridized carbons (Fsp3) is 0.217. The van der Waals surface area contributed by atoms with Crippen LogP contribution in [0.25, 0.3) is 22.3 Å². The number of benzene rings is 2. The number of hydrogen-bond acceptors (Lipinski definition) is 4. The zero-order chi connectivity index (χ0) is 22.6. The van der Waals surface area contributed by atoms with Crippen LogP contribution >= 0.6 is 0 Å². The Morgan fingerprint density at radius 3 is 2.44 bits per heavy atom. The molecule has 1 atom stereocenters. The van der Waals surface area contributed by atoms with E-state index >= 15 is 0 Å². The van der Waals surface area contributed by atoms with Crippen molar-refractivity contribution in [2.24, 2.45) is 7.05 Å². The first-order valence-corrected chi connectivity index (χ1v) is 10.1. The molecule has 0 bridgehead atoms. The second-order valence-electron chi connectivity index (χ2n) is 7.77. The normalized spacial score (nSPS) is 15.8. The van der Waals surface area contributed by atoms with Gasteiger partial charge in [0.05, 0.1) is 28.5 Å². The molecule has 0 aliphatic carbocycles. The summed E-state index contributed by atoms with van der Waals surface area (Å²) < 4.78 is 42.6. The van der Waals surface area contributed by atoms with Gasteiger partial charge in [-0.25, -0.2) is 13.2 Å². The van der Waals surface area contributed by atoms with Crippen molar-refractivity contribution in [3.63, 3.8) is 0 Å². The van der Waals surface area contributed by atoms with Gasteiger partial charge in [0.2, 0.25) is 0 Å². The van der Waals surface area contributed by atoms with E-state index < -0.39 is 17.5 Å². The Labute approximate surface area is 181 Å². The lowest BCUT2D eigenvalue weighted by Gasteiger charge is -2.33. The van der Waals surface area contributed by atoms with Crippen molar-refractivity contribution < 1.29 is 18.0 Å². The van der Waals surface area contributed by atoms with Crippen LogP contribution in [-0.2, 0) is 13.5 Å². The molecule has 32 heavy (non-hydrogen) atoms. The van der Waals surface area contributed by atoms with E-state index in [1.54, 1.807) is 42.5 Å². The van der Waals surface area contributed by atoms with E-state index in [1.807, 2.05) is 6.92 Å². The molecule has 5 rings (SSSR count). The van der Waals surface area contributed by atoms with Gasteiger partial charge in [-0.1, -0.05) is 0 Å². The highest BCUT2D eigenvalue weighted by molar-refractivity contribution is 5.97. The number of carbonyl (C=O) groups excluding carboxylic acids is 1. The van der Waals surface area contributed by atoms with Gasteiger partial charge in [0.1, 0.15) is 0 Å². The van der Waals surface area contributed by atoms with Crippen molar-refractivity contribution in [1.82, 2.24) is 24.6 Å². The van der Waals surface area contributed by atoms with Crippen molar-refractivity contribution in [2.45, 2.75) is 19.4 Å². The monoisotopic (exact) mass is 437 g/mol. The molecule has 6 nitrogen and oxygen atoms in total. The lowest BCUT2D eigenvalue weighted by Crippen LogP contribution is -2.38. The fourth-order valence-corrected chi connectivity index (χ4v) is 4.34. The van der Waals surface area contributed by atoms with Gasteiger partial charge in [-0.15, -0.1) is 0 Å². The number of carbonyl (C=O) groups is 1. The molecule has 0 saturated heterocycles. The average molecular weight is 437 g/mol. The topological polar surface area (TPSA) is 63.9 Å². The molecule has 0 fully saturated rings. The zero-order valence-corrected chi connectivity index (χ0v) is 17.3. The maximum atomic E-state index is 13.8. The van der Waals surface area contributed by atoms with Gasteiger partial charge in [-0.2, -0.15) is 5.10 Å². The third-order valence-electron chi connectivity index (χ3n) is 5.88. The molecular formula is C23H18F3N5O. The maximum absolute atomic E-state index is 13.8. The van der Waals surface area contributed by atoms with E-state index in [-0.39, 0.29) is 17.5 Å². The molecule has 0 N–H and O–H groups in total. The van der Waals surface area contributed by atoms with Crippen LogP contribution in [0.15, 0.2) is 42.7 Å². The lowest BCUT2D eigenvalue weighted by molar-refractivity contribution is 0.0674. The van der Waals surface area contributed by atoms with Gasteiger partial charge in [-0.3, -0.25) is 19.4 Å².